The molecule has 2 aliphatic rings. The van der Waals surface area contributed by atoms with Crippen molar-refractivity contribution in [3.63, 3.8) is 0 Å². The van der Waals surface area contributed by atoms with Crippen molar-refractivity contribution in [2.75, 3.05) is 67.7 Å². The van der Waals surface area contributed by atoms with Crippen molar-refractivity contribution in [2.45, 2.75) is 137 Å². The number of nitrogens with two attached hydrogens (primary N) is 2. The van der Waals surface area contributed by atoms with E-state index in [2.05, 4.69) is 62.3 Å². The number of nitrogens with zero attached hydrogens (tertiary/aromatic N) is 14. The van der Waals surface area contributed by atoms with Gasteiger partial charge in [-0.1, -0.05) is 59.6 Å². The Kier molecular flexibility index (Phi) is 28.4. The van der Waals surface area contributed by atoms with Gasteiger partial charge in [0.1, 0.15) is 46.0 Å². The van der Waals surface area contributed by atoms with Crippen molar-refractivity contribution < 1.29 is 82.3 Å². The number of anilines is 4. The Labute approximate surface area is 718 Å². The van der Waals surface area contributed by atoms with E-state index in [0.717, 1.165) is 17.1 Å². The first-order valence-electron chi connectivity index (χ1n) is 39.8. The molecule has 8 heterocycles. The fourth-order valence-corrected chi connectivity index (χ4v) is 15.5. The molecule has 0 spiro atoms. The van der Waals surface area contributed by atoms with Gasteiger partial charge >= 0.3 is 17.9 Å². The first-order chi connectivity index (χ1) is 59.3. The fourth-order valence-electron chi connectivity index (χ4n) is 15.0. The summed E-state index contributed by atoms with van der Waals surface area (Å²) >= 11 is 14.0. The lowest BCUT2D eigenvalue weighted by Gasteiger charge is -2.26. The van der Waals surface area contributed by atoms with Crippen LogP contribution in [0.2, 0.25) is 10.0 Å². The minimum atomic E-state index is -1.77. The second kappa shape index (κ2) is 39.3. The average molecular weight is 1740 g/mol. The van der Waals surface area contributed by atoms with Gasteiger partial charge in [-0.25, -0.2) is 19.9 Å². The SMILES string of the molecule is CCn1nc(C)cc1C(=O)Nc1nc2cc(C(N)=O)cc(OC)c2n1C/C=C/Cn1c(NC(=O)c2cc(C)nn2CC)nc2cc(C(N)=O)cc(OCCCNC(=O)[C@H](CC(=O)O)NC(=O)[C@H](CC(=O)O)NC(=O)CCCN3CCc4c(nc(C(=O)Nc5cccc(-c6cccc(NC(=O)c7nc8c(n7C)CCN(CCCC(=O)O)C8)c6Cl)c5Cl)n4C)C3)c21. The number of aryl methyl sites for hydroxylation is 4. The summed E-state index contributed by atoms with van der Waals surface area (Å²) in [5.74, 6) is -9.93. The summed E-state index contributed by atoms with van der Waals surface area (Å²) in [5, 5.41) is 56.8. The van der Waals surface area contributed by atoms with Crippen LogP contribution in [-0.4, -0.2) is 212 Å². The summed E-state index contributed by atoms with van der Waals surface area (Å²) in [4.78, 5) is 181. The molecule has 2 aliphatic heterocycles. The van der Waals surface area contributed by atoms with Crippen LogP contribution in [0.3, 0.4) is 0 Å². The van der Waals surface area contributed by atoms with Gasteiger partial charge in [0.2, 0.25) is 41.4 Å². The molecule has 124 heavy (non-hydrogen) atoms. The highest BCUT2D eigenvalue weighted by Gasteiger charge is 2.34. The van der Waals surface area contributed by atoms with Gasteiger partial charge in [0.05, 0.1) is 81.8 Å². The number of rotatable bonds is 39. The number of amides is 9. The van der Waals surface area contributed by atoms with Crippen LogP contribution < -0.4 is 58.2 Å². The number of primary amides is 2. The number of carboxylic acid groups (broad SMARTS) is 3. The van der Waals surface area contributed by atoms with Gasteiger partial charge < -0.3 is 81.1 Å². The van der Waals surface area contributed by atoms with Gasteiger partial charge in [-0.05, 0) is 109 Å². The number of imidazole rings is 4. The number of carboxylic acids is 3. The first-order valence-corrected chi connectivity index (χ1v) is 40.5. The third-order valence-electron chi connectivity index (χ3n) is 21.0. The molecule has 0 fully saturated rings. The molecule has 0 unspecified atom stereocenters. The van der Waals surface area contributed by atoms with Crippen LogP contribution in [0.4, 0.5) is 23.3 Å². The Morgan fingerprint density at radius 3 is 1.47 bits per heavy atom. The number of halogens is 2. The van der Waals surface area contributed by atoms with E-state index >= 15 is 0 Å². The highest BCUT2D eigenvalue weighted by molar-refractivity contribution is 6.40. The van der Waals surface area contributed by atoms with Gasteiger partial charge in [-0.15, -0.1) is 0 Å². The number of fused-ring (bicyclic) bond motifs is 4. The molecule has 42 heteroatoms. The fraction of sp³-hybridized carbons (Fsp3) is 0.366. The minimum Gasteiger partial charge on any atom is -0.494 e. The molecule has 4 aromatic carbocycles. The van der Waals surface area contributed by atoms with E-state index in [-0.39, 0.29) is 154 Å². The molecule has 10 aromatic rings. The third-order valence-corrected chi connectivity index (χ3v) is 21.8. The van der Waals surface area contributed by atoms with Crippen LogP contribution in [0, 0.1) is 13.8 Å². The van der Waals surface area contributed by atoms with Crippen molar-refractivity contribution in [1.82, 2.24) is 83.5 Å². The lowest BCUT2D eigenvalue weighted by Crippen LogP contribution is -2.55. The number of aromatic nitrogens is 12. The molecule has 0 saturated carbocycles. The van der Waals surface area contributed by atoms with E-state index < -0.39 is 96.0 Å². The van der Waals surface area contributed by atoms with E-state index in [4.69, 9.17) is 59.2 Å². The molecule has 0 saturated heterocycles. The largest absolute Gasteiger partial charge is 0.494 e. The van der Waals surface area contributed by atoms with Crippen LogP contribution in [0.15, 0.2) is 84.9 Å². The first kappa shape index (κ1) is 89.4. The lowest BCUT2D eigenvalue weighted by molar-refractivity contribution is -0.143. The minimum absolute atomic E-state index is 0.00567. The Morgan fingerprint density at radius 1 is 0.556 bits per heavy atom. The summed E-state index contributed by atoms with van der Waals surface area (Å²) in [7, 11) is 4.88. The Balaban J connectivity index is 0.656. The maximum absolute atomic E-state index is 14.1. The summed E-state index contributed by atoms with van der Waals surface area (Å²) in [6.45, 7) is 10.3. The number of allylic oxidation sites excluding steroid dienone is 2. The number of hydrogen-bond donors (Lipinski definition) is 12. The Hall–Kier alpha value is -13.9. The molecule has 0 bridgehead atoms. The Morgan fingerprint density at radius 2 is 1.02 bits per heavy atom. The van der Waals surface area contributed by atoms with Crippen LogP contribution >= 0.6 is 23.2 Å². The molecule has 0 radical (unpaired) electrons. The summed E-state index contributed by atoms with van der Waals surface area (Å²) in [6.07, 6.45) is 3.23. The van der Waals surface area contributed by atoms with Crippen LogP contribution in [-0.2, 0) is 95.0 Å². The van der Waals surface area contributed by atoms with Gasteiger partial charge in [0, 0.05) is 132 Å². The molecule has 0 aliphatic carbocycles. The maximum atomic E-state index is 14.1. The van der Waals surface area contributed by atoms with Crippen molar-refractivity contribution in [1.29, 1.82) is 0 Å². The highest BCUT2D eigenvalue weighted by Crippen LogP contribution is 2.41. The summed E-state index contributed by atoms with van der Waals surface area (Å²) in [5.41, 5.74) is 18.8. The molecule has 6 aromatic heterocycles. The number of methoxy groups -OCH3 is 1. The second-order valence-corrected chi connectivity index (χ2v) is 30.4. The number of hydrogen-bond acceptors (Lipinski definition) is 22. The number of nitrogens with one attached hydrogen (secondary N) is 7. The van der Waals surface area contributed by atoms with Crippen molar-refractivity contribution >= 4 is 140 Å². The van der Waals surface area contributed by atoms with Crippen LogP contribution in [0.25, 0.3) is 33.2 Å². The molecule has 12 rings (SSSR count). The Bertz CT molecular complexity index is 5910. The number of benzene rings is 4. The zero-order valence-electron chi connectivity index (χ0n) is 68.8. The number of carbonyl (C=O) groups is 12. The topological polar surface area (TPSA) is 534 Å². The van der Waals surface area contributed by atoms with Crippen molar-refractivity contribution in [2.24, 2.45) is 25.6 Å². The molecule has 14 N–H and O–H groups in total. The van der Waals surface area contributed by atoms with Crippen molar-refractivity contribution in [3.8, 4) is 22.6 Å². The normalized spacial score (nSPS) is 13.2. The van der Waals surface area contributed by atoms with Gasteiger partial charge in [0.25, 0.3) is 23.6 Å². The number of ether oxygens (including phenoxy) is 2. The molecule has 652 valence electrons. The van der Waals surface area contributed by atoms with Gasteiger partial charge in [-0.2, -0.15) is 10.2 Å². The zero-order valence-corrected chi connectivity index (χ0v) is 70.3. The maximum Gasteiger partial charge on any atom is 0.305 e. The third kappa shape index (κ3) is 20.7. The molecule has 9 amide bonds. The average Bonchev–Trinajstić information content (AvgIpc) is 1.61. The summed E-state index contributed by atoms with van der Waals surface area (Å²) < 4.78 is 21.8. The van der Waals surface area contributed by atoms with E-state index in [9.17, 15) is 67.7 Å². The van der Waals surface area contributed by atoms with Crippen molar-refractivity contribution in [3.05, 3.63) is 163 Å². The van der Waals surface area contributed by atoms with Crippen LogP contribution in [0.1, 0.15) is 156 Å². The molecule has 2 atom stereocenters. The summed E-state index contributed by atoms with van der Waals surface area (Å²) in [6, 6.07) is 15.5. The molecular weight excluding hydrogens is 1650 g/mol. The number of carbonyl (C=O) groups excluding carboxylic acids is 9. The predicted molar refractivity (Wildman–Crippen MR) is 453 cm³/mol. The van der Waals surface area contributed by atoms with E-state index in [1.54, 1.807) is 107 Å². The van der Waals surface area contributed by atoms with E-state index in [1.165, 1.54) is 40.7 Å². The van der Waals surface area contributed by atoms with E-state index in [0.29, 0.717) is 98.8 Å². The zero-order chi connectivity index (χ0) is 89.1. The monoisotopic (exact) mass is 1740 g/mol. The van der Waals surface area contributed by atoms with E-state index in [1.807, 2.05) is 18.7 Å². The molecule has 40 nitrogen and oxygen atoms in total. The van der Waals surface area contributed by atoms with Crippen LogP contribution in [0.5, 0.6) is 11.5 Å². The second-order valence-electron chi connectivity index (χ2n) is 29.6. The van der Waals surface area contributed by atoms with Gasteiger partial charge in [-0.3, -0.25) is 87.3 Å². The quantitative estimate of drug-likeness (QED) is 0.0150. The van der Waals surface area contributed by atoms with Gasteiger partial charge in [0.15, 0.2) is 11.6 Å². The highest BCUT2D eigenvalue weighted by atomic mass is 35.5. The standard InChI is InChI=1S/C82H93Cl2N23O17/c1-8-106-59(33-43(3)98-106)77(119)96-81-94-51-35-45(71(85)115)37-61(123-7)69(51)104(81)28-10-11-29-105-70-52(95-82(105)97-78(120)60-34-44(4)99-107(60)9-2)36-46(72(86)116)38-62(70)124-32-16-25-87-75(117)53(39-65(111)112)93-76(118)54(40-66(113)114)88-63(108)21-14-26-102-30-23-57-55(41-102)89-73(100(57)5)79(121)91-49-19-12-17-47(67(49)83)48-18-13-20-50(68(48)84)92-80(122)74-90-56-42-103(27-15-22-64(109)110)31-24-58(56)101(74)6/h10-13,17-20,33-38,53-54H,8-9,14-16,21-32,39-42H2,1-7H3,(H2,85,115)(H2,86,116)(H,87,117)(H,88,108)(H,91,121)(H,92,122)(H,93,118)(H,109,110)(H,111,112)(H,113,114)(H,94,96,119)(H,95,97,120)/b11-10+/t53-,54-/m0/s1. The number of aliphatic carboxylic acids is 3. The lowest BCUT2D eigenvalue weighted by atomic mass is 10.0. The molecular formula is C82H93Cl2N23O17. The smallest absolute Gasteiger partial charge is 0.305 e. The predicted octanol–water partition coefficient (Wildman–Crippen LogP) is 6.21.